The van der Waals surface area contributed by atoms with Crippen LogP contribution in [0.25, 0.3) is 31.9 Å². The molecule has 0 saturated carbocycles. The summed E-state index contributed by atoms with van der Waals surface area (Å²) in [5.74, 6) is 0.881. The molecule has 0 aliphatic heterocycles. The lowest BCUT2D eigenvalue weighted by Gasteiger charge is -2.02. The number of para-hydroxylation sites is 1. The Morgan fingerprint density at radius 3 is 2.90 bits per heavy atom. The van der Waals surface area contributed by atoms with E-state index >= 15 is 0 Å². The van der Waals surface area contributed by atoms with Crippen LogP contribution in [0.4, 0.5) is 5.69 Å². The van der Waals surface area contributed by atoms with Gasteiger partial charge in [-0.25, -0.2) is 4.98 Å². The summed E-state index contributed by atoms with van der Waals surface area (Å²) >= 11 is 1.54. The summed E-state index contributed by atoms with van der Waals surface area (Å²) in [6, 6.07) is 15.8. The monoisotopic (exact) mass is 418 g/mol. The molecule has 3 heterocycles. The van der Waals surface area contributed by atoms with Gasteiger partial charge in [0.2, 0.25) is 0 Å². The highest BCUT2D eigenvalue weighted by atomic mass is 32.1. The number of aromatic amines is 1. The molecule has 0 spiro atoms. The molecule has 148 valence electrons. The molecule has 1 amide bonds. The molecule has 5 aromatic rings. The number of carbonyl (C=O) groups excluding carboxylic acids is 1. The molecule has 9 heteroatoms. The third-order valence-electron chi connectivity index (χ3n) is 4.71. The minimum Gasteiger partial charge on any atom is -0.457 e. The summed E-state index contributed by atoms with van der Waals surface area (Å²) < 4.78 is 6.92. The molecule has 0 radical (unpaired) electrons. The van der Waals surface area contributed by atoms with Gasteiger partial charge < -0.3 is 14.7 Å². The Morgan fingerprint density at radius 2 is 2.07 bits per heavy atom. The summed E-state index contributed by atoms with van der Waals surface area (Å²) in [5.41, 5.74) is 1.84. The van der Waals surface area contributed by atoms with E-state index in [0.29, 0.717) is 28.0 Å². The number of benzene rings is 2. The number of rotatable bonds is 5. The van der Waals surface area contributed by atoms with Crippen molar-refractivity contribution in [2.45, 2.75) is 6.54 Å². The Hall–Kier alpha value is -3.98. The molecule has 0 bridgehead atoms. The fourth-order valence-electron chi connectivity index (χ4n) is 3.24. The smallest absolute Gasteiger partial charge is 0.270 e. The second kappa shape index (κ2) is 7.12. The topological polar surface area (TPSA) is 114 Å². The number of aromatic nitrogens is 2. The molecule has 0 aliphatic carbocycles. The lowest BCUT2D eigenvalue weighted by atomic mass is 10.1. The van der Waals surface area contributed by atoms with Crippen LogP contribution in [0.3, 0.4) is 0 Å². The Morgan fingerprint density at radius 1 is 1.20 bits per heavy atom. The second-order valence-electron chi connectivity index (χ2n) is 6.62. The van der Waals surface area contributed by atoms with Gasteiger partial charge in [0.25, 0.3) is 11.6 Å². The van der Waals surface area contributed by atoms with E-state index in [4.69, 9.17) is 4.42 Å². The Labute approximate surface area is 173 Å². The van der Waals surface area contributed by atoms with Crippen molar-refractivity contribution in [2.75, 3.05) is 0 Å². The number of thiazole rings is 1. The van der Waals surface area contributed by atoms with Crippen molar-refractivity contribution < 1.29 is 14.1 Å². The fraction of sp³-hybridized carbons (Fsp3) is 0.0476. The van der Waals surface area contributed by atoms with Crippen LogP contribution in [-0.2, 0) is 6.54 Å². The third kappa shape index (κ3) is 3.20. The predicted molar refractivity (Wildman–Crippen MR) is 113 cm³/mol. The average Bonchev–Trinajstić information content (AvgIpc) is 3.48. The normalized spacial score (nSPS) is 11.2. The summed E-state index contributed by atoms with van der Waals surface area (Å²) in [6.45, 7) is 0.186. The minimum absolute atomic E-state index is 0.0670. The molecule has 0 fully saturated rings. The number of furan rings is 1. The van der Waals surface area contributed by atoms with Crippen molar-refractivity contribution in [3.63, 3.8) is 0 Å². The van der Waals surface area contributed by atoms with Crippen molar-refractivity contribution in [3.05, 3.63) is 82.2 Å². The number of amides is 1. The SMILES string of the molecule is O=C(NCc1ccc(-c2nc3ccccc3s2)o1)c1c[nH]c2ccc([N+](=O)[O-])cc12. The zero-order valence-corrected chi connectivity index (χ0v) is 16.2. The molecule has 5 rings (SSSR count). The van der Waals surface area contributed by atoms with E-state index in [2.05, 4.69) is 15.3 Å². The van der Waals surface area contributed by atoms with Crippen molar-refractivity contribution in [1.29, 1.82) is 0 Å². The van der Waals surface area contributed by atoms with Crippen molar-refractivity contribution >= 4 is 44.1 Å². The second-order valence-corrected chi connectivity index (χ2v) is 7.66. The number of hydrogen-bond acceptors (Lipinski definition) is 6. The van der Waals surface area contributed by atoms with Crippen LogP contribution in [0.2, 0.25) is 0 Å². The number of hydrogen-bond donors (Lipinski definition) is 2. The van der Waals surface area contributed by atoms with Gasteiger partial charge in [-0.3, -0.25) is 14.9 Å². The molecule has 8 nitrogen and oxygen atoms in total. The van der Waals surface area contributed by atoms with Crippen molar-refractivity contribution in [2.24, 2.45) is 0 Å². The molecule has 0 unspecified atom stereocenters. The fourth-order valence-corrected chi connectivity index (χ4v) is 4.17. The van der Waals surface area contributed by atoms with E-state index in [-0.39, 0.29) is 18.1 Å². The first kappa shape index (κ1) is 18.1. The van der Waals surface area contributed by atoms with Crippen LogP contribution in [0, 0.1) is 10.1 Å². The highest BCUT2D eigenvalue weighted by Gasteiger charge is 2.16. The third-order valence-corrected chi connectivity index (χ3v) is 5.76. The first-order valence-electron chi connectivity index (χ1n) is 9.07. The van der Waals surface area contributed by atoms with Gasteiger partial charge in [-0.15, -0.1) is 11.3 Å². The number of carbonyl (C=O) groups is 1. The molecule has 0 atom stereocenters. The zero-order chi connectivity index (χ0) is 20.7. The molecule has 0 saturated heterocycles. The zero-order valence-electron chi connectivity index (χ0n) is 15.4. The predicted octanol–water partition coefficient (Wildman–Crippen LogP) is 4.88. The van der Waals surface area contributed by atoms with Crippen LogP contribution in [0.1, 0.15) is 16.1 Å². The molecule has 30 heavy (non-hydrogen) atoms. The van der Waals surface area contributed by atoms with Crippen molar-refractivity contribution in [3.8, 4) is 10.8 Å². The van der Waals surface area contributed by atoms with E-state index in [1.165, 1.54) is 23.5 Å². The Balaban J connectivity index is 1.33. The summed E-state index contributed by atoms with van der Waals surface area (Å²) in [5, 5.41) is 15.1. The number of fused-ring (bicyclic) bond motifs is 2. The van der Waals surface area contributed by atoms with Crippen LogP contribution in [0.15, 0.2) is 65.2 Å². The number of nitro benzene ring substituents is 1. The van der Waals surface area contributed by atoms with Gasteiger partial charge in [0.1, 0.15) is 5.76 Å². The Kier molecular flexibility index (Phi) is 4.29. The Bertz CT molecular complexity index is 1380. The minimum atomic E-state index is -0.486. The number of nitrogens with one attached hydrogen (secondary N) is 2. The van der Waals surface area contributed by atoms with Crippen LogP contribution < -0.4 is 5.32 Å². The van der Waals surface area contributed by atoms with Gasteiger partial charge in [0.05, 0.1) is 27.2 Å². The van der Waals surface area contributed by atoms with E-state index in [1.807, 2.05) is 30.3 Å². The maximum absolute atomic E-state index is 12.6. The van der Waals surface area contributed by atoms with Gasteiger partial charge in [-0.2, -0.15) is 0 Å². The van der Waals surface area contributed by atoms with Gasteiger partial charge in [0, 0.05) is 29.2 Å². The first-order chi connectivity index (χ1) is 14.6. The van der Waals surface area contributed by atoms with Crippen LogP contribution in [0.5, 0.6) is 0 Å². The largest absolute Gasteiger partial charge is 0.457 e. The maximum atomic E-state index is 12.6. The summed E-state index contributed by atoms with van der Waals surface area (Å²) in [4.78, 5) is 30.7. The molecule has 0 aliphatic rings. The summed E-state index contributed by atoms with van der Waals surface area (Å²) in [7, 11) is 0. The van der Waals surface area contributed by atoms with E-state index in [9.17, 15) is 14.9 Å². The van der Waals surface area contributed by atoms with Crippen molar-refractivity contribution in [1.82, 2.24) is 15.3 Å². The van der Waals surface area contributed by atoms with Gasteiger partial charge in [0.15, 0.2) is 10.8 Å². The lowest BCUT2D eigenvalue weighted by Crippen LogP contribution is -2.22. The average molecular weight is 418 g/mol. The number of non-ortho nitro benzene ring substituents is 1. The standard InChI is InChI=1S/C21H14N4O4S/c26-20(15-11-22-16-7-5-12(25(27)28)9-14(15)16)23-10-13-6-8-18(29-13)21-24-17-3-1-2-4-19(17)30-21/h1-9,11,22H,10H2,(H,23,26). The molecular formula is C21H14N4O4S. The quantitative estimate of drug-likeness (QED) is 0.312. The van der Waals surface area contributed by atoms with Crippen LogP contribution >= 0.6 is 11.3 Å². The number of nitrogens with zero attached hydrogens (tertiary/aromatic N) is 2. The molecule has 2 aromatic carbocycles. The van der Waals surface area contributed by atoms with Crippen LogP contribution in [-0.4, -0.2) is 20.8 Å². The molecule has 2 N–H and O–H groups in total. The van der Waals surface area contributed by atoms with Gasteiger partial charge in [-0.1, -0.05) is 12.1 Å². The molecular weight excluding hydrogens is 404 g/mol. The first-order valence-corrected chi connectivity index (χ1v) is 9.88. The highest BCUT2D eigenvalue weighted by Crippen LogP contribution is 2.31. The summed E-state index contributed by atoms with van der Waals surface area (Å²) in [6.07, 6.45) is 1.54. The molecule has 3 aromatic heterocycles. The number of nitro groups is 1. The van der Waals surface area contributed by atoms with E-state index in [1.54, 1.807) is 18.3 Å². The van der Waals surface area contributed by atoms with E-state index < -0.39 is 4.92 Å². The van der Waals surface area contributed by atoms with E-state index in [0.717, 1.165) is 15.2 Å². The maximum Gasteiger partial charge on any atom is 0.270 e. The lowest BCUT2D eigenvalue weighted by molar-refractivity contribution is -0.384. The highest BCUT2D eigenvalue weighted by molar-refractivity contribution is 7.21. The van der Waals surface area contributed by atoms with Gasteiger partial charge >= 0.3 is 0 Å². The number of H-pyrrole nitrogens is 1. The van der Waals surface area contributed by atoms with Gasteiger partial charge in [-0.05, 0) is 30.3 Å².